The van der Waals surface area contributed by atoms with Crippen LogP contribution in [0.5, 0.6) is 0 Å². The van der Waals surface area contributed by atoms with Crippen LogP contribution in [-0.2, 0) is 12.2 Å². The summed E-state index contributed by atoms with van der Waals surface area (Å²) in [5.41, 5.74) is 2.28. The zero-order valence-corrected chi connectivity index (χ0v) is 7.80. The van der Waals surface area contributed by atoms with Gasteiger partial charge in [-0.2, -0.15) is 11.8 Å². The number of carbonyl (C=O) groups is 1. The second kappa shape index (κ2) is 3.38. The van der Waals surface area contributed by atoms with Gasteiger partial charge in [0.1, 0.15) is 0 Å². The van der Waals surface area contributed by atoms with Gasteiger partial charge in [0, 0.05) is 17.6 Å². The van der Waals surface area contributed by atoms with E-state index in [1.165, 1.54) is 0 Å². The third kappa shape index (κ3) is 1.54. The van der Waals surface area contributed by atoms with Crippen LogP contribution in [0.15, 0.2) is 12.3 Å². The van der Waals surface area contributed by atoms with Crippen LogP contribution >= 0.6 is 11.8 Å². The maximum Gasteiger partial charge on any atom is 0.336 e. The van der Waals surface area contributed by atoms with Gasteiger partial charge in [0.15, 0.2) is 0 Å². The molecule has 0 aliphatic carbocycles. The molecule has 1 aromatic heterocycles. The minimum absolute atomic E-state index is 0.414. The lowest BCUT2D eigenvalue weighted by atomic mass is 10.1. The zero-order chi connectivity index (χ0) is 9.26. The molecular weight excluding hydrogens is 186 g/mol. The van der Waals surface area contributed by atoms with Crippen molar-refractivity contribution < 1.29 is 9.90 Å². The van der Waals surface area contributed by atoms with Gasteiger partial charge in [0.2, 0.25) is 0 Å². The second-order valence-corrected chi connectivity index (χ2v) is 4.00. The van der Waals surface area contributed by atoms with E-state index in [1.807, 2.05) is 0 Å². The van der Waals surface area contributed by atoms with E-state index < -0.39 is 5.97 Å². The molecule has 0 atom stereocenters. The minimum Gasteiger partial charge on any atom is -0.478 e. The fourth-order valence-electron chi connectivity index (χ4n) is 1.46. The molecule has 1 aliphatic rings. The average Bonchev–Trinajstić information content (AvgIpc) is 2.17. The standard InChI is InChI=1S/C9H9NO2S/c11-9(12)6-1-3-10-8-2-4-13-5-7(6)8/h1,3H,2,4-5H2,(H,11,12). The molecule has 1 aliphatic heterocycles. The number of thioether (sulfide) groups is 1. The van der Waals surface area contributed by atoms with E-state index in [0.717, 1.165) is 29.2 Å². The molecule has 13 heavy (non-hydrogen) atoms. The predicted octanol–water partition coefficient (Wildman–Crippen LogP) is 1.57. The number of fused-ring (bicyclic) bond motifs is 1. The monoisotopic (exact) mass is 195 g/mol. The molecule has 0 bridgehead atoms. The first-order valence-corrected chi connectivity index (χ1v) is 5.22. The van der Waals surface area contributed by atoms with Crippen molar-refractivity contribution in [1.82, 2.24) is 4.98 Å². The fourth-order valence-corrected chi connectivity index (χ4v) is 2.46. The first-order chi connectivity index (χ1) is 6.29. The Labute approximate surface area is 80.2 Å². The third-order valence-corrected chi connectivity index (χ3v) is 3.09. The Hall–Kier alpha value is -1.03. The normalized spacial score (nSPS) is 15.1. The van der Waals surface area contributed by atoms with Crippen molar-refractivity contribution in [3.8, 4) is 0 Å². The van der Waals surface area contributed by atoms with E-state index >= 15 is 0 Å². The SMILES string of the molecule is O=C(O)c1ccnc2c1CSCC2. The second-order valence-electron chi connectivity index (χ2n) is 2.89. The number of hydrogen-bond donors (Lipinski definition) is 1. The first kappa shape index (κ1) is 8.56. The van der Waals surface area contributed by atoms with Crippen LogP contribution in [0, 0.1) is 0 Å². The number of aryl methyl sites for hydroxylation is 1. The van der Waals surface area contributed by atoms with Crippen LogP contribution in [0.2, 0.25) is 0 Å². The predicted molar refractivity (Wildman–Crippen MR) is 51.1 cm³/mol. The number of carboxylic acids is 1. The maximum atomic E-state index is 10.8. The summed E-state index contributed by atoms with van der Waals surface area (Å²) in [5, 5.41) is 8.90. The van der Waals surface area contributed by atoms with Crippen molar-refractivity contribution in [3.63, 3.8) is 0 Å². The molecule has 0 saturated heterocycles. The van der Waals surface area contributed by atoms with Crippen molar-refractivity contribution >= 4 is 17.7 Å². The molecule has 68 valence electrons. The van der Waals surface area contributed by atoms with Crippen molar-refractivity contribution in [2.24, 2.45) is 0 Å². The topological polar surface area (TPSA) is 50.2 Å². The highest BCUT2D eigenvalue weighted by Crippen LogP contribution is 2.25. The first-order valence-electron chi connectivity index (χ1n) is 4.07. The largest absolute Gasteiger partial charge is 0.478 e. The number of hydrogen-bond acceptors (Lipinski definition) is 3. The van der Waals surface area contributed by atoms with E-state index in [4.69, 9.17) is 5.11 Å². The molecule has 4 heteroatoms. The number of rotatable bonds is 1. The van der Waals surface area contributed by atoms with Gasteiger partial charge in [-0.25, -0.2) is 4.79 Å². The van der Waals surface area contributed by atoms with Crippen molar-refractivity contribution in [3.05, 3.63) is 29.1 Å². The third-order valence-electron chi connectivity index (χ3n) is 2.11. The van der Waals surface area contributed by atoms with Crippen LogP contribution in [0.4, 0.5) is 0 Å². The van der Waals surface area contributed by atoms with E-state index in [1.54, 1.807) is 24.0 Å². The number of aromatic nitrogens is 1. The molecule has 0 aromatic carbocycles. The summed E-state index contributed by atoms with van der Waals surface area (Å²) in [4.78, 5) is 15.0. The zero-order valence-electron chi connectivity index (χ0n) is 6.99. The Bertz CT molecular complexity index is 351. The van der Waals surface area contributed by atoms with Crippen LogP contribution in [-0.4, -0.2) is 21.8 Å². The average molecular weight is 195 g/mol. The van der Waals surface area contributed by atoms with Gasteiger partial charge in [-0.3, -0.25) is 4.98 Å². The van der Waals surface area contributed by atoms with Crippen molar-refractivity contribution in [2.75, 3.05) is 5.75 Å². The number of aromatic carboxylic acids is 1. The highest BCUT2D eigenvalue weighted by Gasteiger charge is 2.17. The summed E-state index contributed by atoms with van der Waals surface area (Å²) in [7, 11) is 0. The Morgan fingerprint density at radius 1 is 1.62 bits per heavy atom. The van der Waals surface area contributed by atoms with Gasteiger partial charge >= 0.3 is 5.97 Å². The molecule has 0 amide bonds. The summed E-state index contributed by atoms with van der Waals surface area (Å²) in [5.74, 6) is 0.981. The molecule has 0 unspecified atom stereocenters. The number of carboxylic acid groups (broad SMARTS) is 1. The quantitative estimate of drug-likeness (QED) is 0.739. The van der Waals surface area contributed by atoms with Crippen molar-refractivity contribution in [1.29, 1.82) is 0 Å². The van der Waals surface area contributed by atoms with Gasteiger partial charge in [0.25, 0.3) is 0 Å². The van der Waals surface area contributed by atoms with Gasteiger partial charge in [-0.15, -0.1) is 0 Å². The van der Waals surface area contributed by atoms with Crippen molar-refractivity contribution in [2.45, 2.75) is 12.2 Å². The highest BCUT2D eigenvalue weighted by atomic mass is 32.2. The molecule has 2 rings (SSSR count). The number of nitrogens with zero attached hydrogens (tertiary/aromatic N) is 1. The smallest absolute Gasteiger partial charge is 0.336 e. The lowest BCUT2D eigenvalue weighted by Gasteiger charge is -2.15. The molecule has 0 spiro atoms. The molecule has 3 nitrogen and oxygen atoms in total. The van der Waals surface area contributed by atoms with E-state index in [0.29, 0.717) is 5.56 Å². The van der Waals surface area contributed by atoms with Crippen LogP contribution < -0.4 is 0 Å². The molecular formula is C9H9NO2S. The van der Waals surface area contributed by atoms with Gasteiger partial charge < -0.3 is 5.11 Å². The Balaban J connectivity index is 2.52. The lowest BCUT2D eigenvalue weighted by Crippen LogP contribution is -2.11. The summed E-state index contributed by atoms with van der Waals surface area (Å²) < 4.78 is 0. The van der Waals surface area contributed by atoms with Gasteiger partial charge in [-0.1, -0.05) is 0 Å². The molecule has 0 radical (unpaired) electrons. The highest BCUT2D eigenvalue weighted by molar-refractivity contribution is 7.98. The van der Waals surface area contributed by atoms with Crippen LogP contribution in [0.1, 0.15) is 21.6 Å². The summed E-state index contributed by atoms with van der Waals surface area (Å²) in [6, 6.07) is 1.58. The Morgan fingerprint density at radius 2 is 2.46 bits per heavy atom. The minimum atomic E-state index is -0.846. The van der Waals surface area contributed by atoms with E-state index in [-0.39, 0.29) is 0 Å². The number of pyridine rings is 1. The van der Waals surface area contributed by atoms with E-state index in [9.17, 15) is 4.79 Å². The lowest BCUT2D eigenvalue weighted by molar-refractivity contribution is 0.0695. The van der Waals surface area contributed by atoms with E-state index in [2.05, 4.69) is 4.98 Å². The fraction of sp³-hybridized carbons (Fsp3) is 0.333. The Kier molecular flexibility index (Phi) is 2.22. The van der Waals surface area contributed by atoms with Crippen LogP contribution in [0.25, 0.3) is 0 Å². The summed E-state index contributed by atoms with van der Waals surface area (Å²) in [6.07, 6.45) is 2.47. The molecule has 2 heterocycles. The molecule has 0 fully saturated rings. The van der Waals surface area contributed by atoms with Gasteiger partial charge in [0.05, 0.1) is 5.56 Å². The summed E-state index contributed by atoms with van der Waals surface area (Å²) >= 11 is 1.77. The molecule has 1 aromatic rings. The molecule has 0 saturated carbocycles. The summed E-state index contributed by atoms with van der Waals surface area (Å²) in [6.45, 7) is 0. The maximum absolute atomic E-state index is 10.8. The Morgan fingerprint density at radius 3 is 3.23 bits per heavy atom. The molecule has 1 N–H and O–H groups in total. The van der Waals surface area contributed by atoms with Crippen LogP contribution in [0.3, 0.4) is 0 Å². The van der Waals surface area contributed by atoms with Gasteiger partial charge in [-0.05, 0) is 23.8 Å².